The largest absolute Gasteiger partial charge is 0.309 e. The van der Waals surface area contributed by atoms with E-state index in [1.165, 1.54) is 30.0 Å². The summed E-state index contributed by atoms with van der Waals surface area (Å²) in [5, 5.41) is 0. The smallest absolute Gasteiger partial charge is 0.153 e. The molecule has 0 aliphatic rings. The summed E-state index contributed by atoms with van der Waals surface area (Å²) in [6.07, 6.45) is 1.11. The van der Waals surface area contributed by atoms with Crippen LogP contribution in [0, 0.1) is 0 Å². The quantitative estimate of drug-likeness (QED) is 0.243. The van der Waals surface area contributed by atoms with E-state index in [9.17, 15) is 0 Å². The van der Waals surface area contributed by atoms with Gasteiger partial charge in [-0.3, -0.25) is 0 Å². The van der Waals surface area contributed by atoms with E-state index in [2.05, 4.69) is 94.6 Å². The van der Waals surface area contributed by atoms with Gasteiger partial charge in [-0.25, -0.2) is 9.97 Å². The second kappa shape index (κ2) is 10.1. The third kappa shape index (κ3) is 3.91. The molecule has 0 aliphatic heterocycles. The zero-order chi connectivity index (χ0) is 25.7. The minimum atomic E-state index is -1.78. The summed E-state index contributed by atoms with van der Waals surface area (Å²) < 4.78 is 8.25. The summed E-state index contributed by atoms with van der Waals surface area (Å²) in [7, 11) is -3.56. The molecule has 34 heavy (non-hydrogen) atoms. The Labute approximate surface area is 218 Å². The Kier molecular flexibility index (Phi) is 8.34. The number of thiazole rings is 2. The van der Waals surface area contributed by atoms with Gasteiger partial charge < -0.3 is 4.57 Å². The number of hydrogen-bond acceptors (Lipinski definition) is 4. The lowest BCUT2D eigenvalue weighted by Gasteiger charge is -2.41. The van der Waals surface area contributed by atoms with Gasteiger partial charge in [0.05, 0.1) is 18.7 Å². The van der Waals surface area contributed by atoms with Crippen molar-refractivity contribution >= 4 is 68.8 Å². The first kappa shape index (κ1) is 28.1. The van der Waals surface area contributed by atoms with Crippen molar-refractivity contribution in [2.24, 2.45) is 0 Å². The summed E-state index contributed by atoms with van der Waals surface area (Å²) in [4.78, 5) is 11.0. The maximum absolute atomic E-state index is 5.50. The molecule has 0 aliphatic carbocycles. The lowest BCUT2D eigenvalue weighted by atomic mass is 10.5. The van der Waals surface area contributed by atoms with E-state index in [1.807, 2.05) is 22.7 Å². The number of nitrogens with zero attached hydrogens (tertiary/aromatic N) is 3. The first-order valence-electron chi connectivity index (χ1n) is 13.6. The van der Waals surface area contributed by atoms with E-state index in [1.54, 1.807) is 0 Å². The van der Waals surface area contributed by atoms with E-state index >= 15 is 0 Å². The fraction of sp³-hybridized carbons (Fsp3) is 0.778. The molecule has 0 N–H and O–H groups in total. The maximum atomic E-state index is 5.50. The van der Waals surface area contributed by atoms with Gasteiger partial charge in [0, 0.05) is 6.54 Å². The van der Waals surface area contributed by atoms with Crippen LogP contribution in [0.4, 0.5) is 0 Å². The molecule has 0 spiro atoms. The van der Waals surface area contributed by atoms with Crippen LogP contribution in [0.25, 0.3) is 20.7 Å². The van der Waals surface area contributed by atoms with Crippen LogP contribution in [-0.4, -0.2) is 30.7 Å². The molecule has 0 amide bonds. The fourth-order valence-corrected chi connectivity index (χ4v) is 27.3. The van der Waals surface area contributed by atoms with Crippen LogP contribution in [0.5, 0.6) is 0 Å². The predicted molar refractivity (Wildman–Crippen MR) is 162 cm³/mol. The Morgan fingerprint density at radius 1 is 0.588 bits per heavy atom. The fourth-order valence-electron chi connectivity index (χ4n) is 7.67. The highest BCUT2D eigenvalue weighted by atomic mass is 32.1. The second-order valence-corrected chi connectivity index (χ2v) is 26.6. The minimum absolute atomic E-state index is 0.678. The normalized spacial score (nSPS) is 14.1. The van der Waals surface area contributed by atoms with E-state index in [0.717, 1.165) is 13.0 Å². The van der Waals surface area contributed by atoms with Gasteiger partial charge in [-0.2, -0.15) is 0 Å². The molecular weight excluding hydrogens is 487 g/mol. The van der Waals surface area contributed by atoms with Crippen molar-refractivity contribution in [1.82, 2.24) is 14.5 Å². The molecule has 0 bridgehead atoms. The molecule has 192 valence electrons. The summed E-state index contributed by atoms with van der Waals surface area (Å²) in [5.74, 6) is 0. The zero-order valence-electron chi connectivity index (χ0n) is 24.0. The average molecular weight is 536 g/mol. The van der Waals surface area contributed by atoms with Crippen LogP contribution in [0.15, 0.2) is 0 Å². The molecule has 0 radical (unpaired) electrons. The molecular formula is C27H49N3S2Si2. The molecule has 0 saturated carbocycles. The summed E-state index contributed by atoms with van der Waals surface area (Å²) in [6, 6.07) is 0. The second-order valence-electron chi connectivity index (χ2n) is 12.3. The Hall–Kier alpha value is -0.506. The zero-order valence-corrected chi connectivity index (χ0v) is 27.7. The molecule has 0 aromatic carbocycles. The molecule has 7 heteroatoms. The van der Waals surface area contributed by atoms with Crippen LogP contribution in [0.3, 0.4) is 0 Å². The Morgan fingerprint density at radius 3 is 1.12 bits per heavy atom. The van der Waals surface area contributed by atoms with E-state index in [-0.39, 0.29) is 0 Å². The molecule has 0 unspecified atom stereocenters. The first-order chi connectivity index (χ1) is 15.8. The van der Waals surface area contributed by atoms with Crippen molar-refractivity contribution < 1.29 is 0 Å². The highest BCUT2D eigenvalue weighted by Crippen LogP contribution is 2.46. The van der Waals surface area contributed by atoms with Crippen LogP contribution in [0.2, 0.25) is 33.2 Å². The van der Waals surface area contributed by atoms with Gasteiger partial charge in [-0.15, -0.1) is 22.7 Å². The molecule has 3 rings (SSSR count). The number of aryl methyl sites for hydroxylation is 1. The Bertz CT molecular complexity index is 991. The van der Waals surface area contributed by atoms with E-state index in [4.69, 9.17) is 9.97 Å². The number of rotatable bonds is 10. The minimum Gasteiger partial charge on any atom is -0.309 e. The van der Waals surface area contributed by atoms with Gasteiger partial charge >= 0.3 is 0 Å². The molecule has 3 nitrogen and oxygen atoms in total. The van der Waals surface area contributed by atoms with Crippen molar-refractivity contribution in [2.45, 2.75) is 136 Å². The third-order valence-electron chi connectivity index (χ3n) is 8.86. The Balaban J connectivity index is 2.38. The highest BCUT2D eigenvalue weighted by Gasteiger charge is 2.49. The average Bonchev–Trinajstić information content (AvgIpc) is 3.35. The summed E-state index contributed by atoms with van der Waals surface area (Å²) >= 11 is 4.06. The van der Waals surface area contributed by atoms with Crippen LogP contribution in [-0.2, 0) is 6.54 Å². The molecule has 0 saturated heterocycles. The van der Waals surface area contributed by atoms with Crippen LogP contribution in [0.1, 0.15) is 96.4 Å². The first-order valence-corrected chi connectivity index (χ1v) is 19.7. The van der Waals surface area contributed by atoms with E-state index < -0.39 is 16.1 Å². The van der Waals surface area contributed by atoms with E-state index in [0.29, 0.717) is 33.2 Å². The molecule has 0 atom stereocenters. The topological polar surface area (TPSA) is 30.7 Å². The number of aromatic nitrogens is 3. The highest BCUT2D eigenvalue weighted by molar-refractivity contribution is 7.37. The standard InChI is InChI=1S/C27H49N3S2Si2/c1-14-15-30-24-22(31-26(28-24)33(16(2)3,17(4)5)18(6)7)23-25(30)29-27(32-23)34(19(8)9,20(10)11)21(12)13/h16-21H,14-15H2,1-13H3. The number of hydrogen-bond donors (Lipinski definition) is 0. The van der Waals surface area contributed by atoms with Crippen molar-refractivity contribution in [3.63, 3.8) is 0 Å². The van der Waals surface area contributed by atoms with Crippen molar-refractivity contribution in [3.05, 3.63) is 0 Å². The van der Waals surface area contributed by atoms with Gasteiger partial charge in [0.2, 0.25) is 0 Å². The maximum Gasteiger partial charge on any atom is 0.153 e. The molecule has 3 heterocycles. The van der Waals surface area contributed by atoms with Gasteiger partial charge in [0.15, 0.2) is 11.3 Å². The van der Waals surface area contributed by atoms with Crippen LogP contribution >= 0.6 is 22.7 Å². The third-order valence-corrected chi connectivity index (χ3v) is 26.6. The van der Waals surface area contributed by atoms with Gasteiger partial charge in [-0.1, -0.05) is 90.0 Å². The van der Waals surface area contributed by atoms with Gasteiger partial charge in [-0.05, 0) is 39.7 Å². The summed E-state index contributed by atoms with van der Waals surface area (Å²) in [6.45, 7) is 32.7. The SMILES string of the molecule is CCCn1c2nc([Si](C(C)C)(C(C)C)C(C)C)sc2c2sc([Si](C(C)C)(C(C)C)C(C)C)nc21. The Morgan fingerprint density at radius 2 is 0.882 bits per heavy atom. The number of fused-ring (bicyclic) bond motifs is 3. The molecule has 3 aromatic heterocycles. The summed E-state index contributed by atoms with van der Waals surface area (Å²) in [5.41, 5.74) is 6.50. The van der Waals surface area contributed by atoms with Gasteiger partial charge in [0.25, 0.3) is 0 Å². The lowest BCUT2D eigenvalue weighted by molar-refractivity contribution is 0.713. The van der Waals surface area contributed by atoms with Crippen molar-refractivity contribution in [2.75, 3.05) is 0 Å². The monoisotopic (exact) mass is 535 g/mol. The molecule has 0 fully saturated rings. The van der Waals surface area contributed by atoms with Crippen LogP contribution < -0.4 is 9.26 Å². The van der Waals surface area contributed by atoms with Gasteiger partial charge in [0.1, 0.15) is 16.1 Å². The molecule has 3 aromatic rings. The lowest BCUT2D eigenvalue weighted by Crippen LogP contribution is -2.55. The van der Waals surface area contributed by atoms with Crippen molar-refractivity contribution in [1.29, 1.82) is 0 Å². The predicted octanol–water partition coefficient (Wildman–Crippen LogP) is 8.89. The van der Waals surface area contributed by atoms with Crippen molar-refractivity contribution in [3.8, 4) is 0 Å².